The standard InChI is InChI=1S/C24H22F4N4O3/c1-3-31(14-21(34)29-13-16-7-9-18(25)10-8-16)23(35)22-20(33)11-15(2)32(30-22)19-6-4-5-17(12-19)24(26,27)28/h4-12H,3,13-14H2,1-2H3,(H,29,34). The van der Waals surface area contributed by atoms with Gasteiger partial charge in [0.2, 0.25) is 11.3 Å². The van der Waals surface area contributed by atoms with E-state index < -0.39 is 40.5 Å². The second-order valence-electron chi connectivity index (χ2n) is 7.68. The van der Waals surface area contributed by atoms with Crippen LogP contribution in [0.15, 0.2) is 59.4 Å². The van der Waals surface area contributed by atoms with Crippen molar-refractivity contribution in [3.8, 4) is 5.69 Å². The largest absolute Gasteiger partial charge is 0.416 e. The van der Waals surface area contributed by atoms with E-state index in [1.54, 1.807) is 6.92 Å². The molecule has 0 spiro atoms. The number of amides is 2. The maximum Gasteiger partial charge on any atom is 0.416 e. The summed E-state index contributed by atoms with van der Waals surface area (Å²) in [5, 5.41) is 6.63. The highest BCUT2D eigenvalue weighted by atomic mass is 19.4. The number of halogens is 4. The monoisotopic (exact) mass is 490 g/mol. The van der Waals surface area contributed by atoms with E-state index >= 15 is 0 Å². The molecule has 1 heterocycles. The van der Waals surface area contributed by atoms with Crippen LogP contribution in [0, 0.1) is 12.7 Å². The van der Waals surface area contributed by atoms with E-state index in [1.165, 1.54) is 43.3 Å². The van der Waals surface area contributed by atoms with E-state index in [2.05, 4.69) is 10.4 Å². The summed E-state index contributed by atoms with van der Waals surface area (Å²) in [6.45, 7) is 2.88. The molecule has 7 nitrogen and oxygen atoms in total. The number of hydrogen-bond donors (Lipinski definition) is 1. The van der Waals surface area contributed by atoms with Crippen LogP contribution in [0.1, 0.15) is 34.2 Å². The van der Waals surface area contributed by atoms with Crippen LogP contribution in [0.3, 0.4) is 0 Å². The van der Waals surface area contributed by atoms with E-state index in [0.29, 0.717) is 5.56 Å². The Kier molecular flexibility index (Phi) is 7.68. The smallest absolute Gasteiger partial charge is 0.350 e. The summed E-state index contributed by atoms with van der Waals surface area (Å²) in [5.74, 6) is -1.77. The molecule has 11 heteroatoms. The van der Waals surface area contributed by atoms with Crippen molar-refractivity contribution in [3.63, 3.8) is 0 Å². The lowest BCUT2D eigenvalue weighted by atomic mass is 10.2. The minimum Gasteiger partial charge on any atom is -0.350 e. The van der Waals surface area contributed by atoms with Crippen LogP contribution < -0.4 is 10.7 Å². The van der Waals surface area contributed by atoms with Gasteiger partial charge < -0.3 is 10.2 Å². The number of carbonyl (C=O) groups excluding carboxylic acids is 2. The molecule has 3 rings (SSSR count). The van der Waals surface area contributed by atoms with E-state index in [4.69, 9.17) is 0 Å². The summed E-state index contributed by atoms with van der Waals surface area (Å²) in [6.07, 6.45) is -4.58. The molecule has 2 amide bonds. The molecule has 0 aliphatic rings. The molecular weight excluding hydrogens is 468 g/mol. The zero-order chi connectivity index (χ0) is 25.8. The predicted octanol–water partition coefficient (Wildman–Crippen LogP) is 3.48. The molecule has 0 unspecified atom stereocenters. The van der Waals surface area contributed by atoms with Gasteiger partial charge in [0.05, 0.1) is 17.8 Å². The quantitative estimate of drug-likeness (QED) is 0.514. The molecule has 3 aromatic rings. The number of nitrogens with zero attached hydrogens (tertiary/aromatic N) is 3. The molecular formula is C24H22F4N4O3. The van der Waals surface area contributed by atoms with Crippen molar-refractivity contribution < 1.29 is 27.2 Å². The fourth-order valence-corrected chi connectivity index (χ4v) is 3.28. The van der Waals surface area contributed by atoms with E-state index in [1.807, 2.05) is 0 Å². The van der Waals surface area contributed by atoms with Gasteiger partial charge in [-0.05, 0) is 49.7 Å². The maximum atomic E-state index is 13.1. The Morgan fingerprint density at radius 3 is 2.40 bits per heavy atom. The lowest BCUT2D eigenvalue weighted by Crippen LogP contribution is -2.42. The summed E-state index contributed by atoms with van der Waals surface area (Å²) < 4.78 is 53.4. The van der Waals surface area contributed by atoms with Crippen LogP contribution in [0.2, 0.25) is 0 Å². The highest BCUT2D eigenvalue weighted by molar-refractivity contribution is 5.94. The Labute approximate surface area is 198 Å². The molecule has 0 atom stereocenters. The molecule has 0 saturated carbocycles. The van der Waals surface area contributed by atoms with Gasteiger partial charge in [0, 0.05) is 24.8 Å². The Bertz CT molecular complexity index is 1290. The first kappa shape index (κ1) is 25.6. The summed E-state index contributed by atoms with van der Waals surface area (Å²) in [5.41, 5.74) is -1.26. The van der Waals surface area contributed by atoms with Gasteiger partial charge >= 0.3 is 6.18 Å². The van der Waals surface area contributed by atoms with Crippen LogP contribution in [-0.2, 0) is 17.5 Å². The second-order valence-corrected chi connectivity index (χ2v) is 7.68. The molecule has 0 radical (unpaired) electrons. The Morgan fingerprint density at radius 2 is 1.77 bits per heavy atom. The summed E-state index contributed by atoms with van der Waals surface area (Å²) in [7, 11) is 0. The van der Waals surface area contributed by atoms with Gasteiger partial charge in [-0.1, -0.05) is 18.2 Å². The topological polar surface area (TPSA) is 84.3 Å². The van der Waals surface area contributed by atoms with Gasteiger partial charge in [0.1, 0.15) is 5.82 Å². The third kappa shape index (κ3) is 6.31. The molecule has 35 heavy (non-hydrogen) atoms. The number of carbonyl (C=O) groups is 2. The highest BCUT2D eigenvalue weighted by Crippen LogP contribution is 2.30. The van der Waals surface area contributed by atoms with Gasteiger partial charge in [0.25, 0.3) is 5.91 Å². The number of nitrogens with one attached hydrogen (secondary N) is 1. The number of likely N-dealkylation sites (N-methyl/N-ethyl adjacent to an activating group) is 1. The van der Waals surface area contributed by atoms with Gasteiger partial charge in [0.15, 0.2) is 5.69 Å². The lowest BCUT2D eigenvalue weighted by Gasteiger charge is -2.20. The number of aryl methyl sites for hydroxylation is 1. The zero-order valence-corrected chi connectivity index (χ0v) is 18.9. The van der Waals surface area contributed by atoms with E-state index in [9.17, 15) is 31.9 Å². The van der Waals surface area contributed by atoms with Crippen molar-refractivity contribution in [3.05, 3.63) is 93.2 Å². The van der Waals surface area contributed by atoms with Crippen molar-refractivity contribution in [1.82, 2.24) is 20.0 Å². The molecule has 184 valence electrons. The van der Waals surface area contributed by atoms with Crippen molar-refractivity contribution in [2.24, 2.45) is 0 Å². The number of alkyl halides is 3. The zero-order valence-electron chi connectivity index (χ0n) is 18.9. The maximum absolute atomic E-state index is 13.1. The minimum atomic E-state index is -4.58. The van der Waals surface area contributed by atoms with E-state index in [-0.39, 0.29) is 31.0 Å². The van der Waals surface area contributed by atoms with Gasteiger partial charge in [-0.3, -0.25) is 14.4 Å². The fraction of sp³-hybridized carbons (Fsp3) is 0.250. The molecule has 0 saturated heterocycles. The van der Waals surface area contributed by atoms with Crippen molar-refractivity contribution in [1.29, 1.82) is 0 Å². The summed E-state index contributed by atoms with van der Waals surface area (Å²) in [6, 6.07) is 10.9. The lowest BCUT2D eigenvalue weighted by molar-refractivity contribution is -0.137. The number of hydrogen-bond acceptors (Lipinski definition) is 4. The molecule has 1 N–H and O–H groups in total. The Morgan fingerprint density at radius 1 is 1.09 bits per heavy atom. The minimum absolute atomic E-state index is 0.0199. The van der Waals surface area contributed by atoms with Crippen LogP contribution in [0.5, 0.6) is 0 Å². The van der Waals surface area contributed by atoms with Crippen LogP contribution in [-0.4, -0.2) is 39.6 Å². The van der Waals surface area contributed by atoms with Crippen LogP contribution >= 0.6 is 0 Å². The third-order valence-electron chi connectivity index (χ3n) is 5.13. The first-order chi connectivity index (χ1) is 16.5. The van der Waals surface area contributed by atoms with Crippen molar-refractivity contribution in [2.45, 2.75) is 26.6 Å². The first-order valence-corrected chi connectivity index (χ1v) is 10.6. The molecule has 0 aliphatic heterocycles. The Balaban J connectivity index is 1.81. The molecule has 1 aromatic heterocycles. The van der Waals surface area contributed by atoms with Crippen LogP contribution in [0.4, 0.5) is 17.6 Å². The highest BCUT2D eigenvalue weighted by Gasteiger charge is 2.31. The normalized spacial score (nSPS) is 11.3. The predicted molar refractivity (Wildman–Crippen MR) is 119 cm³/mol. The van der Waals surface area contributed by atoms with Gasteiger partial charge in [-0.2, -0.15) is 18.3 Å². The first-order valence-electron chi connectivity index (χ1n) is 10.6. The van der Waals surface area contributed by atoms with Crippen molar-refractivity contribution >= 4 is 11.8 Å². The van der Waals surface area contributed by atoms with Crippen molar-refractivity contribution in [2.75, 3.05) is 13.1 Å². The van der Waals surface area contributed by atoms with Gasteiger partial charge in [-0.25, -0.2) is 9.07 Å². The third-order valence-corrected chi connectivity index (χ3v) is 5.13. The van der Waals surface area contributed by atoms with Gasteiger partial charge in [-0.15, -0.1) is 0 Å². The Hall–Kier alpha value is -4.02. The average molecular weight is 490 g/mol. The fourth-order valence-electron chi connectivity index (χ4n) is 3.28. The molecule has 0 bridgehead atoms. The number of benzene rings is 2. The van der Waals surface area contributed by atoms with E-state index in [0.717, 1.165) is 27.8 Å². The average Bonchev–Trinajstić information content (AvgIpc) is 2.81. The second kappa shape index (κ2) is 10.5. The molecule has 0 fully saturated rings. The van der Waals surface area contributed by atoms with Crippen LogP contribution in [0.25, 0.3) is 5.69 Å². The molecule has 2 aromatic carbocycles. The summed E-state index contributed by atoms with van der Waals surface area (Å²) in [4.78, 5) is 39.0. The number of aromatic nitrogens is 2. The number of rotatable bonds is 7. The SMILES string of the molecule is CCN(CC(=O)NCc1ccc(F)cc1)C(=O)c1nn(-c2cccc(C(F)(F)F)c2)c(C)cc1=O. The summed E-state index contributed by atoms with van der Waals surface area (Å²) >= 11 is 0. The molecule has 0 aliphatic carbocycles.